The molecule has 1 aliphatic rings. The Labute approximate surface area is 135 Å². The summed E-state index contributed by atoms with van der Waals surface area (Å²) in [6.07, 6.45) is 8.10. The van der Waals surface area contributed by atoms with Crippen LogP contribution in [0.5, 0.6) is 0 Å². The quantitative estimate of drug-likeness (QED) is 0.384. The number of guanidine groups is 1. The average Bonchev–Trinajstić information content (AvgIpc) is 2.92. The number of amides is 1. The summed E-state index contributed by atoms with van der Waals surface area (Å²) in [7, 11) is 0. The number of hydrogen-bond acceptors (Lipinski definition) is 2. The van der Waals surface area contributed by atoms with Gasteiger partial charge in [-0.05, 0) is 46.5 Å². The molecular formula is C17H34N4O. The highest BCUT2D eigenvalue weighted by Gasteiger charge is 2.14. The van der Waals surface area contributed by atoms with Gasteiger partial charge in [0, 0.05) is 18.6 Å². The Balaban J connectivity index is 2.27. The van der Waals surface area contributed by atoms with E-state index in [1.165, 1.54) is 38.5 Å². The van der Waals surface area contributed by atoms with Crippen LogP contribution < -0.4 is 16.0 Å². The summed E-state index contributed by atoms with van der Waals surface area (Å²) in [4.78, 5) is 16.1. The second-order valence-corrected chi connectivity index (χ2v) is 7.21. The van der Waals surface area contributed by atoms with Crippen LogP contribution in [0.1, 0.15) is 66.2 Å². The Hall–Kier alpha value is -1.26. The van der Waals surface area contributed by atoms with E-state index in [2.05, 4.69) is 20.9 Å². The predicted octanol–water partition coefficient (Wildman–Crippen LogP) is 2.43. The van der Waals surface area contributed by atoms with E-state index in [9.17, 15) is 4.79 Å². The summed E-state index contributed by atoms with van der Waals surface area (Å²) < 4.78 is 0. The molecule has 0 aromatic carbocycles. The molecule has 0 radical (unpaired) electrons. The zero-order valence-corrected chi connectivity index (χ0v) is 14.8. The van der Waals surface area contributed by atoms with Gasteiger partial charge in [0.05, 0.1) is 0 Å². The Morgan fingerprint density at radius 2 is 1.86 bits per heavy atom. The summed E-state index contributed by atoms with van der Waals surface area (Å²) >= 11 is 0. The zero-order chi connectivity index (χ0) is 16.4. The highest BCUT2D eigenvalue weighted by molar-refractivity contribution is 5.85. The van der Waals surface area contributed by atoms with Gasteiger partial charge < -0.3 is 16.0 Å². The molecule has 1 fully saturated rings. The largest absolute Gasteiger partial charge is 0.357 e. The fraction of sp³-hybridized carbons (Fsp3) is 0.882. The van der Waals surface area contributed by atoms with E-state index < -0.39 is 0 Å². The van der Waals surface area contributed by atoms with E-state index in [4.69, 9.17) is 0 Å². The third-order valence-electron chi connectivity index (χ3n) is 3.80. The first-order valence-electron chi connectivity index (χ1n) is 8.74. The van der Waals surface area contributed by atoms with Gasteiger partial charge in [0.1, 0.15) is 6.54 Å². The minimum atomic E-state index is -0.209. The van der Waals surface area contributed by atoms with Gasteiger partial charge in [-0.2, -0.15) is 0 Å². The molecule has 1 aliphatic carbocycles. The molecule has 5 heteroatoms. The van der Waals surface area contributed by atoms with Gasteiger partial charge in [-0.3, -0.25) is 4.79 Å². The van der Waals surface area contributed by atoms with Crippen molar-refractivity contribution >= 4 is 11.9 Å². The number of aliphatic imine (C=N–C) groups is 1. The van der Waals surface area contributed by atoms with Gasteiger partial charge in [0.15, 0.2) is 5.96 Å². The molecule has 0 heterocycles. The standard InChI is InChI=1S/C17H34N4O/c1-5-18-16(20-13-15(22)21-17(2,3)4)19-12-8-11-14-9-6-7-10-14/h14H,5-13H2,1-4H3,(H,21,22)(H2,18,19,20). The molecule has 1 amide bonds. The maximum Gasteiger partial charge on any atom is 0.242 e. The minimum Gasteiger partial charge on any atom is -0.357 e. The first kappa shape index (κ1) is 18.8. The molecule has 0 spiro atoms. The first-order chi connectivity index (χ1) is 10.4. The Bertz CT molecular complexity index is 354. The highest BCUT2D eigenvalue weighted by Crippen LogP contribution is 2.28. The van der Waals surface area contributed by atoms with Crippen molar-refractivity contribution in [3.05, 3.63) is 0 Å². The molecule has 0 atom stereocenters. The van der Waals surface area contributed by atoms with Crippen molar-refractivity contribution in [1.29, 1.82) is 0 Å². The summed E-state index contributed by atoms with van der Waals surface area (Å²) in [5, 5.41) is 9.43. The number of nitrogens with zero attached hydrogens (tertiary/aromatic N) is 1. The number of nitrogens with one attached hydrogen (secondary N) is 3. The SMILES string of the molecule is CCNC(=NCC(=O)NC(C)(C)C)NCCCC1CCCC1. The summed E-state index contributed by atoms with van der Waals surface area (Å²) in [5.74, 6) is 1.62. The molecule has 0 saturated heterocycles. The second kappa shape index (κ2) is 9.70. The lowest BCUT2D eigenvalue weighted by molar-refractivity contribution is -0.121. The van der Waals surface area contributed by atoms with E-state index in [1.807, 2.05) is 27.7 Å². The summed E-state index contributed by atoms with van der Waals surface area (Å²) in [6.45, 7) is 9.84. The molecule has 0 aromatic rings. The smallest absolute Gasteiger partial charge is 0.242 e. The minimum absolute atomic E-state index is 0.0457. The third kappa shape index (κ3) is 8.90. The summed E-state index contributed by atoms with van der Waals surface area (Å²) in [5.41, 5.74) is -0.209. The fourth-order valence-corrected chi connectivity index (χ4v) is 2.85. The van der Waals surface area contributed by atoms with Gasteiger partial charge in [-0.1, -0.05) is 25.7 Å². The molecule has 0 aliphatic heterocycles. The first-order valence-corrected chi connectivity index (χ1v) is 8.74. The van der Waals surface area contributed by atoms with Gasteiger partial charge in [-0.15, -0.1) is 0 Å². The lowest BCUT2D eigenvalue weighted by Gasteiger charge is -2.20. The molecule has 22 heavy (non-hydrogen) atoms. The van der Waals surface area contributed by atoms with Crippen LogP contribution in [-0.2, 0) is 4.79 Å². The van der Waals surface area contributed by atoms with E-state index in [-0.39, 0.29) is 18.0 Å². The van der Waals surface area contributed by atoms with Crippen LogP contribution in [0.4, 0.5) is 0 Å². The van der Waals surface area contributed by atoms with E-state index >= 15 is 0 Å². The molecule has 1 saturated carbocycles. The zero-order valence-electron chi connectivity index (χ0n) is 14.8. The molecule has 3 N–H and O–H groups in total. The molecule has 5 nitrogen and oxygen atoms in total. The lowest BCUT2D eigenvalue weighted by atomic mass is 10.0. The van der Waals surface area contributed by atoms with Crippen molar-refractivity contribution in [1.82, 2.24) is 16.0 Å². The average molecular weight is 310 g/mol. The Kier molecular flexibility index (Phi) is 8.28. The van der Waals surface area contributed by atoms with Crippen LogP contribution in [0, 0.1) is 5.92 Å². The topological polar surface area (TPSA) is 65.5 Å². The maximum atomic E-state index is 11.8. The van der Waals surface area contributed by atoms with Crippen LogP contribution in [0.2, 0.25) is 0 Å². The van der Waals surface area contributed by atoms with Gasteiger partial charge in [-0.25, -0.2) is 4.99 Å². The molecule has 1 rings (SSSR count). The van der Waals surface area contributed by atoms with Crippen molar-refractivity contribution < 1.29 is 4.79 Å². The van der Waals surface area contributed by atoms with Crippen LogP contribution in [0.15, 0.2) is 4.99 Å². The molecule has 0 unspecified atom stereocenters. The lowest BCUT2D eigenvalue weighted by Crippen LogP contribution is -2.43. The van der Waals surface area contributed by atoms with Crippen molar-refractivity contribution in [3.8, 4) is 0 Å². The van der Waals surface area contributed by atoms with Crippen molar-refractivity contribution in [2.75, 3.05) is 19.6 Å². The van der Waals surface area contributed by atoms with Crippen LogP contribution >= 0.6 is 0 Å². The number of carbonyl (C=O) groups is 1. The van der Waals surface area contributed by atoms with Crippen molar-refractivity contribution in [3.63, 3.8) is 0 Å². The Morgan fingerprint density at radius 3 is 2.45 bits per heavy atom. The van der Waals surface area contributed by atoms with Crippen LogP contribution in [-0.4, -0.2) is 37.0 Å². The van der Waals surface area contributed by atoms with Crippen LogP contribution in [0.25, 0.3) is 0 Å². The molecule has 0 bridgehead atoms. The second-order valence-electron chi connectivity index (χ2n) is 7.21. The number of rotatable bonds is 7. The predicted molar refractivity (Wildman–Crippen MR) is 93.1 cm³/mol. The normalized spacial score (nSPS) is 16.6. The number of hydrogen-bond donors (Lipinski definition) is 3. The fourth-order valence-electron chi connectivity index (χ4n) is 2.85. The molecule has 0 aromatic heterocycles. The monoisotopic (exact) mass is 310 g/mol. The van der Waals surface area contributed by atoms with Crippen molar-refractivity contribution in [2.24, 2.45) is 10.9 Å². The molecule has 128 valence electrons. The van der Waals surface area contributed by atoms with Gasteiger partial charge in [0.25, 0.3) is 0 Å². The van der Waals surface area contributed by atoms with Crippen LogP contribution in [0.3, 0.4) is 0 Å². The Morgan fingerprint density at radius 1 is 1.18 bits per heavy atom. The maximum absolute atomic E-state index is 11.8. The molecular weight excluding hydrogens is 276 g/mol. The third-order valence-corrected chi connectivity index (χ3v) is 3.80. The van der Waals surface area contributed by atoms with Gasteiger partial charge in [0.2, 0.25) is 5.91 Å². The van der Waals surface area contributed by atoms with Crippen molar-refractivity contribution in [2.45, 2.75) is 71.8 Å². The van der Waals surface area contributed by atoms with E-state index in [1.54, 1.807) is 0 Å². The van der Waals surface area contributed by atoms with E-state index in [0.717, 1.165) is 25.0 Å². The van der Waals surface area contributed by atoms with Gasteiger partial charge >= 0.3 is 0 Å². The highest BCUT2D eigenvalue weighted by atomic mass is 16.2. The number of carbonyl (C=O) groups excluding carboxylic acids is 1. The summed E-state index contributed by atoms with van der Waals surface area (Å²) in [6, 6.07) is 0. The van der Waals surface area contributed by atoms with E-state index in [0.29, 0.717) is 0 Å².